The Balaban J connectivity index is 1.45. The van der Waals surface area contributed by atoms with Gasteiger partial charge in [0.1, 0.15) is 5.69 Å². The van der Waals surface area contributed by atoms with Gasteiger partial charge in [-0.25, -0.2) is 0 Å². The Labute approximate surface area is 143 Å². The Bertz CT molecular complexity index is 580. The molecule has 0 spiro atoms. The molecular weight excluding hydrogens is 302 g/mol. The molecule has 24 heavy (non-hydrogen) atoms. The third-order valence-electron chi connectivity index (χ3n) is 4.67. The van der Waals surface area contributed by atoms with Gasteiger partial charge in [-0.15, -0.1) is 0 Å². The summed E-state index contributed by atoms with van der Waals surface area (Å²) < 4.78 is 5.52. The molecular formula is C19H27N3O2. The normalized spacial score (nSPS) is 20.5. The lowest BCUT2D eigenvalue weighted by Crippen LogP contribution is -2.32. The Hall–Kier alpha value is -1.88. The second kappa shape index (κ2) is 8.83. The molecule has 1 atom stereocenters. The lowest BCUT2D eigenvalue weighted by Gasteiger charge is -2.14. The van der Waals surface area contributed by atoms with Gasteiger partial charge in [-0.3, -0.25) is 9.78 Å². The van der Waals surface area contributed by atoms with Crippen molar-refractivity contribution in [2.24, 2.45) is 0 Å². The van der Waals surface area contributed by atoms with Crippen LogP contribution in [0.5, 0.6) is 0 Å². The number of rotatable bonds is 7. The van der Waals surface area contributed by atoms with Crippen molar-refractivity contribution < 1.29 is 9.53 Å². The molecule has 5 nitrogen and oxygen atoms in total. The maximum atomic E-state index is 12.2. The summed E-state index contributed by atoms with van der Waals surface area (Å²) >= 11 is 0. The molecule has 2 N–H and O–H groups in total. The summed E-state index contributed by atoms with van der Waals surface area (Å²) in [6.45, 7) is 2.26. The van der Waals surface area contributed by atoms with E-state index in [4.69, 9.17) is 4.74 Å². The average Bonchev–Trinajstić information content (AvgIpc) is 3.14. The molecule has 1 amide bonds. The second-order valence-electron chi connectivity index (χ2n) is 6.56. The third kappa shape index (κ3) is 5.06. The monoisotopic (exact) mass is 329 g/mol. The predicted octanol–water partition coefficient (Wildman–Crippen LogP) is 3.29. The van der Waals surface area contributed by atoms with Crippen LogP contribution in [0.1, 0.15) is 55.4 Å². The molecule has 0 bridgehead atoms. The molecule has 1 aromatic heterocycles. The zero-order chi connectivity index (χ0) is 16.6. The van der Waals surface area contributed by atoms with E-state index in [1.807, 2.05) is 12.1 Å². The molecule has 1 aliphatic carbocycles. The first-order chi connectivity index (χ1) is 11.8. The number of aromatic nitrogens is 1. The van der Waals surface area contributed by atoms with Crippen LogP contribution in [-0.4, -0.2) is 36.7 Å². The molecule has 2 heterocycles. The van der Waals surface area contributed by atoms with Crippen molar-refractivity contribution in [3.8, 4) is 0 Å². The van der Waals surface area contributed by atoms with E-state index < -0.39 is 0 Å². The third-order valence-corrected chi connectivity index (χ3v) is 4.67. The van der Waals surface area contributed by atoms with Crippen LogP contribution in [-0.2, 0) is 4.74 Å². The summed E-state index contributed by atoms with van der Waals surface area (Å²) in [5, 5.41) is 6.31. The molecule has 1 saturated heterocycles. The number of amides is 1. The molecule has 0 aromatic carbocycles. The van der Waals surface area contributed by atoms with E-state index in [0.717, 1.165) is 38.1 Å². The van der Waals surface area contributed by atoms with Crippen LogP contribution < -0.4 is 10.6 Å². The highest BCUT2D eigenvalue weighted by Gasteiger charge is 2.17. The number of hydrogen-bond acceptors (Lipinski definition) is 4. The van der Waals surface area contributed by atoms with Gasteiger partial charge in [0.15, 0.2) is 0 Å². The molecule has 5 heteroatoms. The first-order valence-electron chi connectivity index (χ1n) is 9.09. The number of ether oxygens (including phenoxy) is 1. The number of carbonyl (C=O) groups is 1. The zero-order valence-electron chi connectivity index (χ0n) is 14.2. The summed E-state index contributed by atoms with van der Waals surface area (Å²) in [4.78, 5) is 16.4. The van der Waals surface area contributed by atoms with Crippen molar-refractivity contribution in [2.45, 2.75) is 51.0 Å². The molecule has 0 radical (unpaired) electrons. The topological polar surface area (TPSA) is 63.2 Å². The van der Waals surface area contributed by atoms with Gasteiger partial charge in [-0.05, 0) is 57.1 Å². The summed E-state index contributed by atoms with van der Waals surface area (Å²) in [5.41, 5.74) is 2.95. The molecule has 0 saturated carbocycles. The van der Waals surface area contributed by atoms with E-state index >= 15 is 0 Å². The summed E-state index contributed by atoms with van der Waals surface area (Å²) in [5.74, 6) is -0.135. The molecule has 3 rings (SSSR count). The Kier molecular flexibility index (Phi) is 6.24. The van der Waals surface area contributed by atoms with Crippen molar-refractivity contribution in [3.05, 3.63) is 35.7 Å². The zero-order valence-corrected chi connectivity index (χ0v) is 14.2. The first kappa shape index (κ1) is 17.0. The average molecular weight is 329 g/mol. The fourth-order valence-electron chi connectivity index (χ4n) is 3.27. The number of carbonyl (C=O) groups excluding carboxylic acids is 1. The standard InChI is InChI=1S/C19H27N3O2/c23-19(22-14-17-7-4-12-24-17)18-13-16(9-11-21-18)20-10-8-15-5-2-1-3-6-15/h5,9,11,13,17H,1-4,6-8,10,12,14H2,(H,20,21)(H,22,23). The minimum atomic E-state index is -0.135. The number of pyridine rings is 1. The van der Waals surface area contributed by atoms with Crippen LogP contribution in [0.15, 0.2) is 30.0 Å². The maximum Gasteiger partial charge on any atom is 0.270 e. The Morgan fingerprint density at radius 3 is 3.08 bits per heavy atom. The Morgan fingerprint density at radius 2 is 2.29 bits per heavy atom. The lowest BCUT2D eigenvalue weighted by atomic mass is 9.97. The van der Waals surface area contributed by atoms with Crippen molar-refractivity contribution in [1.29, 1.82) is 0 Å². The smallest absolute Gasteiger partial charge is 0.270 e. The number of nitrogens with zero attached hydrogens (tertiary/aromatic N) is 1. The van der Waals surface area contributed by atoms with Gasteiger partial charge in [0.2, 0.25) is 0 Å². The van der Waals surface area contributed by atoms with Gasteiger partial charge < -0.3 is 15.4 Å². The molecule has 1 fully saturated rings. The first-order valence-corrected chi connectivity index (χ1v) is 9.09. The van der Waals surface area contributed by atoms with Crippen molar-refractivity contribution in [3.63, 3.8) is 0 Å². The van der Waals surface area contributed by atoms with Crippen LogP contribution in [0, 0.1) is 0 Å². The molecule has 2 aliphatic rings. The van der Waals surface area contributed by atoms with E-state index in [0.29, 0.717) is 12.2 Å². The van der Waals surface area contributed by atoms with Gasteiger partial charge in [0, 0.05) is 31.6 Å². The minimum absolute atomic E-state index is 0.135. The van der Waals surface area contributed by atoms with Crippen molar-refractivity contribution >= 4 is 11.6 Å². The van der Waals surface area contributed by atoms with E-state index in [1.165, 1.54) is 25.7 Å². The van der Waals surface area contributed by atoms with Crippen LogP contribution in [0.3, 0.4) is 0 Å². The Morgan fingerprint density at radius 1 is 1.33 bits per heavy atom. The minimum Gasteiger partial charge on any atom is -0.385 e. The van der Waals surface area contributed by atoms with Gasteiger partial charge in [0.05, 0.1) is 6.10 Å². The largest absolute Gasteiger partial charge is 0.385 e. The summed E-state index contributed by atoms with van der Waals surface area (Å²) in [7, 11) is 0. The summed E-state index contributed by atoms with van der Waals surface area (Å²) in [6, 6.07) is 3.73. The number of hydrogen-bond donors (Lipinski definition) is 2. The van der Waals surface area contributed by atoms with E-state index in [9.17, 15) is 4.79 Å². The van der Waals surface area contributed by atoms with Crippen LogP contribution in [0.25, 0.3) is 0 Å². The molecule has 1 unspecified atom stereocenters. The van der Waals surface area contributed by atoms with Crippen molar-refractivity contribution in [1.82, 2.24) is 10.3 Å². The van der Waals surface area contributed by atoms with E-state index in [1.54, 1.807) is 11.8 Å². The molecule has 1 aromatic rings. The maximum absolute atomic E-state index is 12.2. The second-order valence-corrected chi connectivity index (χ2v) is 6.56. The van der Waals surface area contributed by atoms with Gasteiger partial charge >= 0.3 is 0 Å². The van der Waals surface area contributed by atoms with Crippen LogP contribution >= 0.6 is 0 Å². The number of anilines is 1. The highest BCUT2D eigenvalue weighted by molar-refractivity contribution is 5.93. The van der Waals surface area contributed by atoms with Gasteiger partial charge in [-0.1, -0.05) is 11.6 Å². The molecule has 1 aliphatic heterocycles. The van der Waals surface area contributed by atoms with E-state index in [2.05, 4.69) is 21.7 Å². The highest BCUT2D eigenvalue weighted by Crippen LogP contribution is 2.20. The van der Waals surface area contributed by atoms with E-state index in [-0.39, 0.29) is 12.0 Å². The fourth-order valence-corrected chi connectivity index (χ4v) is 3.27. The van der Waals surface area contributed by atoms with Gasteiger partial charge in [0.25, 0.3) is 5.91 Å². The van der Waals surface area contributed by atoms with Gasteiger partial charge in [-0.2, -0.15) is 0 Å². The number of nitrogens with one attached hydrogen (secondary N) is 2. The van der Waals surface area contributed by atoms with Crippen LogP contribution in [0.4, 0.5) is 5.69 Å². The van der Waals surface area contributed by atoms with Crippen molar-refractivity contribution in [2.75, 3.05) is 25.0 Å². The molecule has 130 valence electrons. The predicted molar refractivity (Wildman–Crippen MR) is 95.2 cm³/mol. The highest BCUT2D eigenvalue weighted by atomic mass is 16.5. The fraction of sp³-hybridized carbons (Fsp3) is 0.579. The number of allylic oxidation sites excluding steroid dienone is 1. The van der Waals surface area contributed by atoms with Crippen LogP contribution in [0.2, 0.25) is 0 Å². The lowest BCUT2D eigenvalue weighted by molar-refractivity contribution is 0.0854. The SMILES string of the molecule is O=C(NCC1CCCO1)c1cc(NCCC2=CCCCC2)ccn1. The summed E-state index contributed by atoms with van der Waals surface area (Å²) in [6.07, 6.45) is 12.5. The quantitative estimate of drug-likeness (QED) is 0.754.